The quantitative estimate of drug-likeness (QED) is 0.797. The molecule has 0 amide bonds. The van der Waals surface area contributed by atoms with Crippen molar-refractivity contribution >= 4 is 11.9 Å². The Labute approximate surface area is 105 Å². The molecule has 1 fully saturated rings. The molecule has 0 radical (unpaired) electrons. The van der Waals surface area contributed by atoms with Crippen LogP contribution in [0.25, 0.3) is 0 Å². The van der Waals surface area contributed by atoms with Crippen LogP contribution in [0, 0.1) is 5.41 Å². The minimum Gasteiger partial charge on any atom is -0.481 e. The van der Waals surface area contributed by atoms with E-state index in [1.807, 2.05) is 13.8 Å². The monoisotopic (exact) mass is 251 g/mol. The molecule has 0 unspecified atom stereocenters. The molecule has 0 bridgehead atoms. The fourth-order valence-electron chi connectivity index (χ4n) is 1.60. The molecule has 1 aliphatic rings. The van der Waals surface area contributed by atoms with Crippen molar-refractivity contribution in [1.29, 1.82) is 0 Å². The van der Waals surface area contributed by atoms with Crippen LogP contribution in [0.15, 0.2) is 12.3 Å². The summed E-state index contributed by atoms with van der Waals surface area (Å²) in [6, 6.07) is 1.68. The Bertz CT molecular complexity index is 444. The molecule has 0 atom stereocenters. The fraction of sp³-hybridized carbons (Fsp3) is 0.583. The van der Waals surface area contributed by atoms with Crippen LogP contribution in [0.1, 0.15) is 26.7 Å². The first-order valence-electron chi connectivity index (χ1n) is 5.99. The van der Waals surface area contributed by atoms with Gasteiger partial charge in [0.1, 0.15) is 0 Å². The second-order valence-corrected chi connectivity index (χ2v) is 4.82. The van der Waals surface area contributed by atoms with Crippen LogP contribution >= 0.6 is 0 Å². The van der Waals surface area contributed by atoms with Gasteiger partial charge in [0.2, 0.25) is 11.8 Å². The second kappa shape index (κ2) is 4.80. The summed E-state index contributed by atoms with van der Waals surface area (Å²) < 4.78 is 5.44. The molecule has 1 aliphatic carbocycles. The van der Waals surface area contributed by atoms with Gasteiger partial charge < -0.3 is 15.2 Å². The van der Waals surface area contributed by atoms with Crippen molar-refractivity contribution in [2.45, 2.75) is 32.8 Å². The lowest BCUT2D eigenvalue weighted by atomic mass is 10.1. The highest BCUT2D eigenvalue weighted by Crippen LogP contribution is 2.45. The first-order valence-corrected chi connectivity index (χ1v) is 5.99. The zero-order chi connectivity index (χ0) is 13.2. The number of aromatic nitrogens is 2. The molecule has 1 aromatic heterocycles. The van der Waals surface area contributed by atoms with E-state index in [0.717, 1.165) is 0 Å². The number of ether oxygens (including phenoxy) is 1. The minimum absolute atomic E-state index is 0.0431. The zero-order valence-electron chi connectivity index (χ0n) is 10.5. The van der Waals surface area contributed by atoms with Crippen molar-refractivity contribution in [2.75, 3.05) is 11.9 Å². The SMILES string of the molecule is CC(C)Oc1ccnc(NCC2(C(=O)O)CC2)n1. The van der Waals surface area contributed by atoms with Crippen molar-refractivity contribution in [2.24, 2.45) is 5.41 Å². The molecule has 0 aliphatic heterocycles. The van der Waals surface area contributed by atoms with Crippen LogP contribution in [0.4, 0.5) is 5.95 Å². The number of hydrogen-bond acceptors (Lipinski definition) is 5. The molecule has 6 heteroatoms. The summed E-state index contributed by atoms with van der Waals surface area (Å²) in [5.74, 6) is 0.132. The van der Waals surface area contributed by atoms with Gasteiger partial charge in [-0.1, -0.05) is 0 Å². The number of anilines is 1. The molecule has 2 rings (SSSR count). The highest BCUT2D eigenvalue weighted by Gasteiger charge is 2.50. The number of carbonyl (C=O) groups is 1. The molecule has 0 spiro atoms. The number of carboxylic acids is 1. The van der Waals surface area contributed by atoms with Gasteiger partial charge in [-0.05, 0) is 26.7 Å². The van der Waals surface area contributed by atoms with Crippen molar-refractivity contribution in [3.63, 3.8) is 0 Å². The fourth-order valence-corrected chi connectivity index (χ4v) is 1.60. The van der Waals surface area contributed by atoms with E-state index in [9.17, 15) is 4.79 Å². The van der Waals surface area contributed by atoms with E-state index in [1.165, 1.54) is 0 Å². The average Bonchev–Trinajstić information content (AvgIpc) is 3.07. The normalized spacial score (nSPS) is 16.4. The maximum Gasteiger partial charge on any atom is 0.311 e. The number of nitrogens with zero attached hydrogens (tertiary/aromatic N) is 2. The van der Waals surface area contributed by atoms with E-state index in [0.29, 0.717) is 31.2 Å². The number of aliphatic carboxylic acids is 1. The average molecular weight is 251 g/mol. The van der Waals surface area contributed by atoms with E-state index in [2.05, 4.69) is 15.3 Å². The maximum absolute atomic E-state index is 11.0. The molecule has 2 N–H and O–H groups in total. The number of rotatable bonds is 6. The lowest BCUT2D eigenvalue weighted by molar-refractivity contribution is -0.142. The summed E-state index contributed by atoms with van der Waals surface area (Å²) in [5.41, 5.74) is -0.627. The Hall–Kier alpha value is -1.85. The molecule has 0 saturated heterocycles. The molecular formula is C12H17N3O3. The summed E-state index contributed by atoms with van der Waals surface area (Å²) in [4.78, 5) is 19.2. The highest BCUT2D eigenvalue weighted by atomic mass is 16.5. The number of hydrogen-bond donors (Lipinski definition) is 2. The van der Waals surface area contributed by atoms with Gasteiger partial charge in [-0.2, -0.15) is 4.98 Å². The molecule has 18 heavy (non-hydrogen) atoms. The molecule has 6 nitrogen and oxygen atoms in total. The van der Waals surface area contributed by atoms with Gasteiger partial charge in [-0.3, -0.25) is 4.79 Å². The third-order valence-electron chi connectivity index (χ3n) is 2.88. The van der Waals surface area contributed by atoms with Crippen LogP contribution in [0.5, 0.6) is 5.88 Å². The van der Waals surface area contributed by atoms with Crippen molar-refractivity contribution in [1.82, 2.24) is 9.97 Å². The third kappa shape index (κ3) is 2.88. The van der Waals surface area contributed by atoms with Crippen LogP contribution in [0.3, 0.4) is 0 Å². The Balaban J connectivity index is 1.95. The third-order valence-corrected chi connectivity index (χ3v) is 2.88. The van der Waals surface area contributed by atoms with Gasteiger partial charge >= 0.3 is 5.97 Å². The van der Waals surface area contributed by atoms with Crippen molar-refractivity contribution in [3.8, 4) is 5.88 Å². The van der Waals surface area contributed by atoms with E-state index in [4.69, 9.17) is 9.84 Å². The van der Waals surface area contributed by atoms with Crippen LogP contribution < -0.4 is 10.1 Å². The molecule has 0 aromatic carbocycles. The summed E-state index contributed by atoms with van der Waals surface area (Å²) in [5, 5.41) is 12.0. The van der Waals surface area contributed by atoms with E-state index in [-0.39, 0.29) is 6.10 Å². The van der Waals surface area contributed by atoms with E-state index >= 15 is 0 Å². The summed E-state index contributed by atoms with van der Waals surface area (Å²) in [6.07, 6.45) is 3.05. The lowest BCUT2D eigenvalue weighted by Gasteiger charge is -2.12. The molecule has 1 aromatic rings. The Morgan fingerprint density at radius 3 is 2.89 bits per heavy atom. The van der Waals surface area contributed by atoms with Crippen molar-refractivity contribution in [3.05, 3.63) is 12.3 Å². The second-order valence-electron chi connectivity index (χ2n) is 4.82. The number of nitrogens with one attached hydrogen (secondary N) is 1. The van der Waals surface area contributed by atoms with Gasteiger partial charge in [-0.25, -0.2) is 4.98 Å². The van der Waals surface area contributed by atoms with E-state index in [1.54, 1.807) is 12.3 Å². The standard InChI is InChI=1S/C12H17N3O3/c1-8(2)18-9-3-6-13-11(15-9)14-7-12(4-5-12)10(16)17/h3,6,8H,4-5,7H2,1-2H3,(H,16,17)(H,13,14,15). The molecular weight excluding hydrogens is 234 g/mol. The summed E-state index contributed by atoms with van der Waals surface area (Å²) in [7, 11) is 0. The summed E-state index contributed by atoms with van der Waals surface area (Å²) >= 11 is 0. The van der Waals surface area contributed by atoms with Crippen LogP contribution in [-0.2, 0) is 4.79 Å². The van der Waals surface area contributed by atoms with Gasteiger partial charge in [0.05, 0.1) is 11.5 Å². The smallest absolute Gasteiger partial charge is 0.311 e. The topological polar surface area (TPSA) is 84.3 Å². The summed E-state index contributed by atoms with van der Waals surface area (Å²) in [6.45, 7) is 4.19. The number of carboxylic acid groups (broad SMARTS) is 1. The van der Waals surface area contributed by atoms with Gasteiger partial charge in [0.15, 0.2) is 0 Å². The zero-order valence-corrected chi connectivity index (χ0v) is 10.5. The van der Waals surface area contributed by atoms with Gasteiger partial charge in [0.25, 0.3) is 0 Å². The maximum atomic E-state index is 11.0. The largest absolute Gasteiger partial charge is 0.481 e. The van der Waals surface area contributed by atoms with Crippen molar-refractivity contribution < 1.29 is 14.6 Å². The van der Waals surface area contributed by atoms with Crippen LogP contribution in [0.2, 0.25) is 0 Å². The Morgan fingerprint density at radius 2 is 2.33 bits per heavy atom. The molecule has 1 heterocycles. The first kappa shape index (κ1) is 12.6. The highest BCUT2D eigenvalue weighted by molar-refractivity contribution is 5.78. The predicted molar refractivity (Wildman–Crippen MR) is 65.6 cm³/mol. The molecule has 1 saturated carbocycles. The first-order chi connectivity index (χ1) is 8.52. The Morgan fingerprint density at radius 1 is 1.61 bits per heavy atom. The predicted octanol–water partition coefficient (Wildman–Crippen LogP) is 1.54. The lowest BCUT2D eigenvalue weighted by Crippen LogP contribution is -2.25. The molecule has 98 valence electrons. The van der Waals surface area contributed by atoms with Gasteiger partial charge in [-0.15, -0.1) is 0 Å². The minimum atomic E-state index is -0.760. The van der Waals surface area contributed by atoms with Crippen LogP contribution in [-0.4, -0.2) is 33.7 Å². The van der Waals surface area contributed by atoms with Gasteiger partial charge in [0, 0.05) is 18.8 Å². The Kier molecular flexibility index (Phi) is 3.36. The van der Waals surface area contributed by atoms with E-state index < -0.39 is 11.4 Å².